The van der Waals surface area contributed by atoms with Crippen molar-refractivity contribution in [3.8, 4) is 45.5 Å². The Morgan fingerprint density at radius 3 is 1.61 bits per heavy atom. The molecule has 0 saturated heterocycles. The average Bonchev–Trinajstić information content (AvgIpc) is 3.95. The van der Waals surface area contributed by atoms with E-state index in [1.54, 1.807) is 0 Å². The number of benzene rings is 8. The lowest BCUT2D eigenvalue weighted by Gasteiger charge is -2.12. The van der Waals surface area contributed by atoms with Crippen LogP contribution in [0.3, 0.4) is 0 Å². The summed E-state index contributed by atoms with van der Waals surface area (Å²) in [4.78, 5) is 15.1. The Balaban J connectivity index is 1.17. The summed E-state index contributed by atoms with van der Waals surface area (Å²) < 4.78 is 11.3. The quantitative estimate of drug-likeness (QED) is 0.177. The van der Waals surface area contributed by atoms with E-state index in [0.29, 0.717) is 17.5 Å². The van der Waals surface area contributed by atoms with E-state index in [9.17, 15) is 0 Å². The van der Waals surface area contributed by atoms with Crippen LogP contribution in [0, 0.1) is 0 Å². The highest BCUT2D eigenvalue weighted by molar-refractivity contribution is 6.31. The topological polar surface area (TPSA) is 61.7 Å². The Bertz CT molecular complexity index is 3450. The smallest absolute Gasteiger partial charge is 0.164 e. The Labute approximate surface area is 326 Å². The zero-order valence-electron chi connectivity index (χ0n) is 30.5. The summed E-state index contributed by atoms with van der Waals surface area (Å²) in [5.41, 5.74) is 11.2. The van der Waals surface area contributed by atoms with Gasteiger partial charge in [0.25, 0.3) is 0 Å². The number of hydrogen-bond donors (Lipinski definition) is 0. The SMILES string of the molecule is c1ccc(-c2nc(-c3ccccc3)nc(-c3cccc(-n4c5ccccc5c5ccc6c(c7ccc8oc9ccccc9c8c7n6-c6ccccc6)c54)c3)n2)cc1. The Morgan fingerprint density at radius 1 is 0.333 bits per heavy atom. The van der Waals surface area contributed by atoms with Crippen LogP contribution in [0.1, 0.15) is 0 Å². The second-order valence-electron chi connectivity index (χ2n) is 14.4. The van der Waals surface area contributed by atoms with Gasteiger partial charge in [-0.25, -0.2) is 15.0 Å². The van der Waals surface area contributed by atoms with Crippen molar-refractivity contribution in [3.05, 3.63) is 188 Å². The molecule has 0 amide bonds. The maximum Gasteiger partial charge on any atom is 0.164 e. The lowest BCUT2D eigenvalue weighted by molar-refractivity contribution is 0.669. The standard InChI is InChI=1S/C51H31N5O/c1-4-15-32(16-5-1)49-52-50(33-17-6-2-7-18-33)54-51(53-49)34-19-14-22-36(31-34)56-41-25-12-10-23-37(41)38-27-29-42-45(47(38)56)40-28-30-44-46(39-24-11-13-26-43(39)57-44)48(40)55(42)35-20-8-3-9-21-35/h1-31H. The summed E-state index contributed by atoms with van der Waals surface area (Å²) in [6, 6.07) is 65.5. The minimum Gasteiger partial charge on any atom is -0.456 e. The highest BCUT2D eigenvalue weighted by Crippen LogP contribution is 2.45. The third-order valence-electron chi connectivity index (χ3n) is 11.1. The van der Waals surface area contributed by atoms with Crippen LogP contribution in [0.5, 0.6) is 0 Å². The number of hydrogen-bond acceptors (Lipinski definition) is 4. The first-order valence-electron chi connectivity index (χ1n) is 19.1. The van der Waals surface area contributed by atoms with Crippen LogP contribution in [-0.4, -0.2) is 24.1 Å². The van der Waals surface area contributed by atoms with Gasteiger partial charge < -0.3 is 13.6 Å². The third-order valence-corrected chi connectivity index (χ3v) is 11.1. The molecule has 0 radical (unpaired) electrons. The second-order valence-corrected chi connectivity index (χ2v) is 14.4. The van der Waals surface area contributed by atoms with Crippen molar-refractivity contribution in [2.45, 2.75) is 0 Å². The Hall–Kier alpha value is -7.83. The van der Waals surface area contributed by atoms with Gasteiger partial charge in [0.1, 0.15) is 11.2 Å². The van der Waals surface area contributed by atoms with E-state index in [4.69, 9.17) is 19.4 Å². The van der Waals surface area contributed by atoms with Gasteiger partial charge in [0.2, 0.25) is 0 Å². The number of furan rings is 1. The molecule has 0 saturated carbocycles. The van der Waals surface area contributed by atoms with Crippen molar-refractivity contribution in [2.24, 2.45) is 0 Å². The molecule has 12 aromatic rings. The van der Waals surface area contributed by atoms with E-state index < -0.39 is 0 Å². The molecule has 0 aliphatic heterocycles. The molecule has 6 heteroatoms. The van der Waals surface area contributed by atoms with Gasteiger partial charge in [-0.05, 0) is 54.6 Å². The van der Waals surface area contributed by atoms with Gasteiger partial charge >= 0.3 is 0 Å². The predicted molar refractivity (Wildman–Crippen MR) is 232 cm³/mol. The van der Waals surface area contributed by atoms with Crippen LogP contribution in [0.4, 0.5) is 0 Å². The molecular formula is C51H31N5O. The van der Waals surface area contributed by atoms with Crippen molar-refractivity contribution < 1.29 is 4.42 Å². The summed E-state index contributed by atoms with van der Waals surface area (Å²) in [6.07, 6.45) is 0. The fourth-order valence-electron chi connectivity index (χ4n) is 8.69. The number of fused-ring (bicyclic) bond motifs is 11. The fraction of sp³-hybridized carbons (Fsp3) is 0. The molecular weight excluding hydrogens is 699 g/mol. The largest absolute Gasteiger partial charge is 0.456 e. The number of para-hydroxylation sites is 3. The molecule has 6 nitrogen and oxygen atoms in total. The minimum atomic E-state index is 0.616. The van der Waals surface area contributed by atoms with Crippen LogP contribution in [0.2, 0.25) is 0 Å². The third kappa shape index (κ3) is 4.81. The van der Waals surface area contributed by atoms with Crippen molar-refractivity contribution in [2.75, 3.05) is 0 Å². The van der Waals surface area contributed by atoms with Crippen LogP contribution >= 0.6 is 0 Å². The maximum atomic E-state index is 6.47. The molecule has 4 heterocycles. The number of rotatable bonds is 5. The van der Waals surface area contributed by atoms with E-state index in [2.05, 4.69) is 130 Å². The number of aromatic nitrogens is 5. The van der Waals surface area contributed by atoms with E-state index in [1.807, 2.05) is 66.7 Å². The molecule has 0 bridgehead atoms. The van der Waals surface area contributed by atoms with Gasteiger partial charge in [-0.3, -0.25) is 0 Å². The Kier molecular flexibility index (Phi) is 6.83. The molecule has 12 rings (SSSR count). The zero-order chi connectivity index (χ0) is 37.5. The normalized spacial score (nSPS) is 11.9. The van der Waals surface area contributed by atoms with E-state index in [0.717, 1.165) is 77.5 Å². The maximum absolute atomic E-state index is 6.47. The first-order valence-corrected chi connectivity index (χ1v) is 19.1. The van der Waals surface area contributed by atoms with Crippen molar-refractivity contribution in [1.29, 1.82) is 0 Å². The molecule has 8 aromatic carbocycles. The highest BCUT2D eigenvalue weighted by atomic mass is 16.3. The molecule has 0 aliphatic rings. The molecule has 0 unspecified atom stereocenters. The summed E-state index contributed by atoms with van der Waals surface area (Å²) in [5.74, 6) is 1.89. The highest BCUT2D eigenvalue weighted by Gasteiger charge is 2.24. The lowest BCUT2D eigenvalue weighted by atomic mass is 10.1. The van der Waals surface area contributed by atoms with E-state index >= 15 is 0 Å². The second kappa shape index (κ2) is 12.3. The minimum absolute atomic E-state index is 0.616. The molecule has 57 heavy (non-hydrogen) atoms. The molecule has 0 spiro atoms. The summed E-state index contributed by atoms with van der Waals surface area (Å²) in [7, 11) is 0. The van der Waals surface area contributed by atoms with Crippen LogP contribution in [0.25, 0.3) is 111 Å². The van der Waals surface area contributed by atoms with Gasteiger partial charge in [0.05, 0.1) is 27.5 Å². The molecule has 0 atom stereocenters. The summed E-state index contributed by atoms with van der Waals surface area (Å²) in [5, 5.41) is 6.93. The van der Waals surface area contributed by atoms with E-state index in [-0.39, 0.29) is 0 Å². The van der Waals surface area contributed by atoms with Gasteiger partial charge in [0.15, 0.2) is 17.5 Å². The van der Waals surface area contributed by atoms with E-state index in [1.165, 1.54) is 16.2 Å². The van der Waals surface area contributed by atoms with Gasteiger partial charge in [-0.1, -0.05) is 133 Å². The van der Waals surface area contributed by atoms with Crippen LogP contribution in [0.15, 0.2) is 192 Å². The number of nitrogens with zero attached hydrogens (tertiary/aromatic N) is 5. The summed E-state index contributed by atoms with van der Waals surface area (Å²) in [6.45, 7) is 0. The molecule has 266 valence electrons. The summed E-state index contributed by atoms with van der Waals surface area (Å²) >= 11 is 0. The monoisotopic (exact) mass is 729 g/mol. The lowest BCUT2D eigenvalue weighted by Crippen LogP contribution is -2.01. The first kappa shape index (κ1) is 31.5. The van der Waals surface area contributed by atoms with Crippen LogP contribution in [-0.2, 0) is 0 Å². The molecule has 0 N–H and O–H groups in total. The molecule has 0 fully saturated rings. The average molecular weight is 730 g/mol. The van der Waals surface area contributed by atoms with Gasteiger partial charge in [-0.15, -0.1) is 0 Å². The first-order chi connectivity index (χ1) is 28.3. The fourth-order valence-corrected chi connectivity index (χ4v) is 8.69. The molecule has 4 aromatic heterocycles. The molecule has 0 aliphatic carbocycles. The van der Waals surface area contributed by atoms with Crippen molar-refractivity contribution in [3.63, 3.8) is 0 Å². The predicted octanol–water partition coefficient (Wildman–Crippen LogP) is 13.0. The zero-order valence-corrected chi connectivity index (χ0v) is 30.5. The Morgan fingerprint density at radius 2 is 0.877 bits per heavy atom. The van der Waals surface area contributed by atoms with Crippen LogP contribution < -0.4 is 0 Å². The van der Waals surface area contributed by atoms with Crippen molar-refractivity contribution >= 4 is 65.6 Å². The van der Waals surface area contributed by atoms with Gasteiger partial charge in [-0.2, -0.15) is 0 Å². The van der Waals surface area contributed by atoms with Crippen molar-refractivity contribution in [1.82, 2.24) is 24.1 Å². The van der Waals surface area contributed by atoms with Gasteiger partial charge in [0, 0.05) is 55.0 Å².